The first-order valence-corrected chi connectivity index (χ1v) is 11.5. The van der Waals surface area contributed by atoms with E-state index in [1.807, 2.05) is 73.0 Å². The number of hydrogen-bond donors (Lipinski definition) is 1. The fourth-order valence-electron chi connectivity index (χ4n) is 3.67. The van der Waals surface area contributed by atoms with Crippen LogP contribution >= 0.6 is 11.6 Å². The van der Waals surface area contributed by atoms with E-state index < -0.39 is 5.97 Å². The number of benzene rings is 2. The van der Waals surface area contributed by atoms with Crippen molar-refractivity contribution in [3.8, 4) is 28.3 Å². The lowest BCUT2D eigenvalue weighted by atomic mass is 10.1. The molecule has 0 radical (unpaired) electrons. The van der Waals surface area contributed by atoms with Crippen molar-refractivity contribution in [2.45, 2.75) is 13.8 Å². The van der Waals surface area contributed by atoms with Crippen LogP contribution in [0.25, 0.3) is 39.5 Å². The van der Waals surface area contributed by atoms with Crippen molar-refractivity contribution in [2.24, 2.45) is 0 Å². The van der Waals surface area contributed by atoms with Crippen LogP contribution in [0.3, 0.4) is 0 Å². The topological polar surface area (TPSA) is 95.9 Å². The number of imidazole rings is 1. The highest BCUT2D eigenvalue weighted by Gasteiger charge is 2.19. The number of methoxy groups -OCH3 is 1. The second-order valence-electron chi connectivity index (χ2n) is 7.26. The summed E-state index contributed by atoms with van der Waals surface area (Å²) in [4.78, 5) is 25.8. The fourth-order valence-corrected chi connectivity index (χ4v) is 3.91. The van der Waals surface area contributed by atoms with Crippen LogP contribution in [0.5, 0.6) is 0 Å². The summed E-state index contributed by atoms with van der Waals surface area (Å²) in [6, 6.07) is 22.0. The Labute approximate surface area is 208 Å². The summed E-state index contributed by atoms with van der Waals surface area (Å²) < 4.78 is 6.71. The summed E-state index contributed by atoms with van der Waals surface area (Å²) in [5.41, 5.74) is 10.9. The smallest absolute Gasteiger partial charge is 0.337 e. The summed E-state index contributed by atoms with van der Waals surface area (Å²) in [6.45, 7) is 4.00. The minimum Gasteiger partial charge on any atom is -0.465 e. The van der Waals surface area contributed by atoms with Crippen LogP contribution in [0.15, 0.2) is 79.0 Å². The lowest BCUT2D eigenvalue weighted by Gasteiger charge is -2.11. The van der Waals surface area contributed by atoms with Crippen LogP contribution in [-0.2, 0) is 4.74 Å². The van der Waals surface area contributed by atoms with Gasteiger partial charge in [0.2, 0.25) is 0 Å². The molecule has 35 heavy (non-hydrogen) atoms. The fraction of sp³-hybridized carbons (Fsp3) is 0.111. The maximum atomic E-state index is 11.9. The molecule has 8 heteroatoms. The second-order valence-corrected chi connectivity index (χ2v) is 7.67. The van der Waals surface area contributed by atoms with E-state index in [1.54, 1.807) is 24.4 Å². The summed E-state index contributed by atoms with van der Waals surface area (Å²) in [6.07, 6.45) is 1.63. The number of halogens is 1. The predicted octanol–water partition coefficient (Wildman–Crippen LogP) is 6.20. The molecule has 0 aliphatic carbocycles. The Bertz CT molecular complexity index is 1500. The van der Waals surface area contributed by atoms with Gasteiger partial charge in [0.15, 0.2) is 11.5 Å². The summed E-state index contributed by atoms with van der Waals surface area (Å²) >= 11 is 6.42. The third-order valence-corrected chi connectivity index (χ3v) is 5.61. The zero-order chi connectivity index (χ0) is 24.9. The molecular formula is C27H24ClN5O2. The number of nitrogen functional groups attached to an aromatic ring is 1. The van der Waals surface area contributed by atoms with Crippen molar-refractivity contribution < 1.29 is 9.53 Å². The van der Waals surface area contributed by atoms with Gasteiger partial charge in [-0.15, -0.1) is 0 Å². The molecule has 176 valence electrons. The number of esters is 1. The zero-order valence-corrected chi connectivity index (χ0v) is 20.3. The molecule has 0 amide bonds. The number of aromatic nitrogens is 4. The Kier molecular flexibility index (Phi) is 7.08. The van der Waals surface area contributed by atoms with Crippen molar-refractivity contribution in [2.75, 3.05) is 12.8 Å². The molecule has 5 rings (SSSR count). The highest BCUT2D eigenvalue weighted by Crippen LogP contribution is 2.33. The Hall–Kier alpha value is -4.23. The van der Waals surface area contributed by atoms with E-state index in [9.17, 15) is 4.79 Å². The number of nitrogens with zero attached hydrogens (tertiary/aromatic N) is 4. The van der Waals surface area contributed by atoms with E-state index in [0.717, 1.165) is 11.3 Å². The van der Waals surface area contributed by atoms with Gasteiger partial charge in [0.1, 0.15) is 11.3 Å². The molecule has 0 saturated carbocycles. The number of ether oxygens (including phenoxy) is 1. The first kappa shape index (κ1) is 23.9. The monoisotopic (exact) mass is 485 g/mol. The van der Waals surface area contributed by atoms with E-state index in [0.29, 0.717) is 44.6 Å². The van der Waals surface area contributed by atoms with E-state index in [1.165, 1.54) is 7.11 Å². The lowest BCUT2D eigenvalue weighted by molar-refractivity contribution is 0.0600. The highest BCUT2D eigenvalue weighted by molar-refractivity contribution is 6.33. The van der Waals surface area contributed by atoms with Crippen molar-refractivity contribution in [3.63, 3.8) is 0 Å². The van der Waals surface area contributed by atoms with E-state index in [2.05, 4.69) is 4.98 Å². The van der Waals surface area contributed by atoms with Gasteiger partial charge in [0.25, 0.3) is 0 Å². The lowest BCUT2D eigenvalue weighted by Crippen LogP contribution is -2.04. The molecular weight excluding hydrogens is 462 g/mol. The van der Waals surface area contributed by atoms with Crippen LogP contribution in [0.1, 0.15) is 24.2 Å². The van der Waals surface area contributed by atoms with Crippen molar-refractivity contribution in [3.05, 3.63) is 89.6 Å². The van der Waals surface area contributed by atoms with Crippen molar-refractivity contribution >= 4 is 34.6 Å². The Morgan fingerprint density at radius 3 is 2.31 bits per heavy atom. The van der Waals surface area contributed by atoms with Gasteiger partial charge >= 0.3 is 5.97 Å². The SMILES string of the molecule is CC.COC(=O)c1ccc(-n2c(-c3cccnc3N)nc3ccc(-c4ccccc4Cl)nc32)cc1. The molecule has 0 fully saturated rings. The van der Waals surface area contributed by atoms with Gasteiger partial charge in [-0.1, -0.05) is 43.6 Å². The first-order chi connectivity index (χ1) is 17.1. The third kappa shape index (κ3) is 4.58. The van der Waals surface area contributed by atoms with Gasteiger partial charge in [0.05, 0.1) is 23.9 Å². The molecule has 7 nitrogen and oxygen atoms in total. The van der Waals surface area contributed by atoms with Gasteiger partial charge in [0, 0.05) is 22.5 Å². The molecule has 5 aromatic rings. The maximum absolute atomic E-state index is 11.9. The Morgan fingerprint density at radius 1 is 0.914 bits per heavy atom. The molecule has 3 aromatic heterocycles. The van der Waals surface area contributed by atoms with Gasteiger partial charge in [-0.2, -0.15) is 0 Å². The normalized spacial score (nSPS) is 10.5. The number of carbonyl (C=O) groups is 1. The van der Waals surface area contributed by atoms with Crippen LogP contribution in [0, 0.1) is 0 Å². The highest BCUT2D eigenvalue weighted by atomic mass is 35.5. The number of hydrogen-bond acceptors (Lipinski definition) is 6. The number of rotatable bonds is 4. The molecule has 0 atom stereocenters. The number of anilines is 1. The summed E-state index contributed by atoms with van der Waals surface area (Å²) in [7, 11) is 1.35. The second kappa shape index (κ2) is 10.4. The standard InChI is InChI=1S/C25H18ClN5O2.C2H6/c1-33-25(32)15-8-10-16(11-9-15)31-23(18-6-4-14-28-22(18)27)30-21-13-12-20(29-24(21)31)17-5-2-3-7-19(17)26;1-2/h2-14H,1H3,(H2,27,28);1-2H3. The maximum Gasteiger partial charge on any atom is 0.337 e. The van der Waals surface area contributed by atoms with Crippen LogP contribution < -0.4 is 5.73 Å². The largest absolute Gasteiger partial charge is 0.465 e. The van der Waals surface area contributed by atoms with Gasteiger partial charge in [-0.05, 0) is 54.6 Å². The molecule has 0 unspecified atom stereocenters. The molecule has 2 N–H and O–H groups in total. The molecule has 2 aromatic carbocycles. The first-order valence-electron chi connectivity index (χ1n) is 11.1. The quantitative estimate of drug-likeness (QED) is 0.304. The molecule has 0 saturated heterocycles. The van der Waals surface area contributed by atoms with Crippen LogP contribution in [0.4, 0.5) is 5.82 Å². The molecule has 3 heterocycles. The molecule has 0 spiro atoms. The number of fused-ring (bicyclic) bond motifs is 1. The van der Waals surface area contributed by atoms with Crippen molar-refractivity contribution in [1.29, 1.82) is 0 Å². The molecule has 0 bridgehead atoms. The van der Waals surface area contributed by atoms with Crippen LogP contribution in [0.2, 0.25) is 5.02 Å². The molecule has 0 aliphatic rings. The zero-order valence-electron chi connectivity index (χ0n) is 19.6. The van der Waals surface area contributed by atoms with Gasteiger partial charge in [-0.25, -0.2) is 19.7 Å². The Balaban J connectivity index is 0.00000141. The number of nitrogens with two attached hydrogens (primary N) is 1. The van der Waals surface area contributed by atoms with Crippen LogP contribution in [-0.4, -0.2) is 32.6 Å². The average Bonchev–Trinajstić information content (AvgIpc) is 3.28. The minimum atomic E-state index is -0.409. The Morgan fingerprint density at radius 2 is 1.63 bits per heavy atom. The van der Waals surface area contributed by atoms with E-state index in [-0.39, 0.29) is 0 Å². The van der Waals surface area contributed by atoms with E-state index >= 15 is 0 Å². The number of pyridine rings is 2. The van der Waals surface area contributed by atoms with E-state index in [4.69, 9.17) is 32.0 Å². The number of carbonyl (C=O) groups excluding carboxylic acids is 1. The summed E-state index contributed by atoms with van der Waals surface area (Å²) in [5.74, 6) is 0.532. The average molecular weight is 486 g/mol. The minimum absolute atomic E-state index is 0.353. The molecule has 0 aliphatic heterocycles. The van der Waals surface area contributed by atoms with Crippen molar-refractivity contribution in [1.82, 2.24) is 19.5 Å². The predicted molar refractivity (Wildman–Crippen MR) is 140 cm³/mol. The third-order valence-electron chi connectivity index (χ3n) is 5.28. The van der Waals surface area contributed by atoms with Gasteiger partial charge in [-0.3, -0.25) is 4.57 Å². The van der Waals surface area contributed by atoms with Gasteiger partial charge < -0.3 is 10.5 Å². The summed E-state index contributed by atoms with van der Waals surface area (Å²) in [5, 5.41) is 0.606.